The lowest BCUT2D eigenvalue weighted by Crippen LogP contribution is -2.08. The summed E-state index contributed by atoms with van der Waals surface area (Å²) in [5.74, 6) is 0.625. The van der Waals surface area contributed by atoms with Crippen molar-refractivity contribution < 1.29 is 14.3 Å². The Balaban J connectivity index is 2.31. The van der Waals surface area contributed by atoms with E-state index in [0.717, 1.165) is 0 Å². The molecule has 0 spiro atoms. The number of carbonyl (C=O) groups excluding carboxylic acids is 1. The van der Waals surface area contributed by atoms with E-state index in [1.165, 1.54) is 0 Å². The van der Waals surface area contributed by atoms with Gasteiger partial charge in [0.25, 0.3) is 0 Å². The molecule has 1 heterocycles. The van der Waals surface area contributed by atoms with Crippen LogP contribution in [0.4, 0.5) is 0 Å². The number of Topliss-reactive ketones (excluding diaryl/α,β-unsaturated/α-hetero) is 1. The van der Waals surface area contributed by atoms with Crippen LogP contribution in [-0.2, 0) is 4.74 Å². The third-order valence-electron chi connectivity index (χ3n) is 2.00. The number of epoxide rings is 1. The Kier molecular flexibility index (Phi) is 2.02. The van der Waals surface area contributed by atoms with Crippen LogP contribution in [0, 0.1) is 0 Å². The first kappa shape index (κ1) is 8.26. The maximum Gasteiger partial charge on any atom is 0.197 e. The highest BCUT2D eigenvalue weighted by Gasteiger charge is 2.33. The number of hydrogen-bond acceptors (Lipinski definition) is 3. The normalized spacial score (nSPS) is 19.6. The van der Waals surface area contributed by atoms with Crippen molar-refractivity contribution in [1.82, 2.24) is 0 Å². The number of para-hydroxylation sites is 1. The van der Waals surface area contributed by atoms with Gasteiger partial charge in [0.2, 0.25) is 0 Å². The average Bonchev–Trinajstić information content (AvgIpc) is 3.00. The Bertz CT molecular complexity index is 329. The second kappa shape index (κ2) is 3.18. The van der Waals surface area contributed by atoms with Crippen LogP contribution in [0.3, 0.4) is 0 Å². The molecule has 1 atom stereocenters. The molecular weight excluding hydrogens is 168 g/mol. The highest BCUT2D eigenvalue weighted by molar-refractivity contribution is 6.03. The van der Waals surface area contributed by atoms with E-state index in [1.54, 1.807) is 19.2 Å². The molecule has 0 saturated carbocycles. The van der Waals surface area contributed by atoms with Crippen molar-refractivity contribution in [3.05, 3.63) is 29.8 Å². The summed E-state index contributed by atoms with van der Waals surface area (Å²) in [4.78, 5) is 11.6. The van der Waals surface area contributed by atoms with E-state index in [1.807, 2.05) is 12.1 Å². The van der Waals surface area contributed by atoms with Crippen molar-refractivity contribution in [3.63, 3.8) is 0 Å². The number of ketones is 1. The summed E-state index contributed by atoms with van der Waals surface area (Å²) in [5, 5.41) is 0. The second-order valence-electron chi connectivity index (χ2n) is 2.89. The van der Waals surface area contributed by atoms with E-state index >= 15 is 0 Å². The molecule has 3 nitrogen and oxygen atoms in total. The van der Waals surface area contributed by atoms with Gasteiger partial charge in [-0.25, -0.2) is 0 Å². The maximum absolute atomic E-state index is 11.6. The zero-order chi connectivity index (χ0) is 9.26. The topological polar surface area (TPSA) is 38.8 Å². The van der Waals surface area contributed by atoms with Gasteiger partial charge in [0.05, 0.1) is 19.3 Å². The van der Waals surface area contributed by atoms with E-state index in [0.29, 0.717) is 17.9 Å². The van der Waals surface area contributed by atoms with Gasteiger partial charge in [0, 0.05) is 0 Å². The first-order valence-corrected chi connectivity index (χ1v) is 4.12. The minimum Gasteiger partial charge on any atom is -0.496 e. The third-order valence-corrected chi connectivity index (χ3v) is 2.00. The zero-order valence-corrected chi connectivity index (χ0v) is 7.32. The molecule has 1 saturated heterocycles. The zero-order valence-electron chi connectivity index (χ0n) is 7.32. The number of ether oxygens (including phenoxy) is 2. The number of hydrogen-bond donors (Lipinski definition) is 0. The van der Waals surface area contributed by atoms with Crippen molar-refractivity contribution in [2.24, 2.45) is 0 Å². The van der Waals surface area contributed by atoms with Crippen molar-refractivity contribution in [3.8, 4) is 5.75 Å². The number of rotatable bonds is 3. The van der Waals surface area contributed by atoms with Crippen LogP contribution < -0.4 is 4.74 Å². The lowest BCUT2D eigenvalue weighted by molar-refractivity contribution is 0.0950. The van der Waals surface area contributed by atoms with Crippen molar-refractivity contribution in [2.75, 3.05) is 13.7 Å². The van der Waals surface area contributed by atoms with Crippen LogP contribution in [0.25, 0.3) is 0 Å². The van der Waals surface area contributed by atoms with Crippen molar-refractivity contribution >= 4 is 5.78 Å². The summed E-state index contributed by atoms with van der Waals surface area (Å²) in [6, 6.07) is 7.18. The van der Waals surface area contributed by atoms with Crippen LogP contribution in [0.5, 0.6) is 5.75 Å². The molecule has 68 valence electrons. The Labute approximate surface area is 76.3 Å². The van der Waals surface area contributed by atoms with E-state index in [9.17, 15) is 4.79 Å². The summed E-state index contributed by atoms with van der Waals surface area (Å²) in [5.41, 5.74) is 0.604. The minimum absolute atomic E-state index is 0.0115. The summed E-state index contributed by atoms with van der Waals surface area (Å²) >= 11 is 0. The summed E-state index contributed by atoms with van der Waals surface area (Å²) < 4.78 is 9.99. The molecule has 0 bridgehead atoms. The predicted molar refractivity (Wildman–Crippen MR) is 47.1 cm³/mol. The monoisotopic (exact) mass is 178 g/mol. The smallest absolute Gasteiger partial charge is 0.197 e. The molecule has 0 N–H and O–H groups in total. The van der Waals surface area contributed by atoms with Gasteiger partial charge in [0.1, 0.15) is 11.9 Å². The molecule has 2 rings (SSSR count). The highest BCUT2D eigenvalue weighted by Crippen LogP contribution is 2.23. The fourth-order valence-electron chi connectivity index (χ4n) is 1.22. The van der Waals surface area contributed by atoms with Crippen LogP contribution in [-0.4, -0.2) is 25.6 Å². The number of carbonyl (C=O) groups is 1. The average molecular weight is 178 g/mol. The molecule has 3 heteroatoms. The van der Waals surface area contributed by atoms with Gasteiger partial charge in [-0.1, -0.05) is 12.1 Å². The Hall–Kier alpha value is -1.35. The van der Waals surface area contributed by atoms with Crippen LogP contribution in [0.1, 0.15) is 10.4 Å². The Morgan fingerprint density at radius 3 is 2.85 bits per heavy atom. The summed E-state index contributed by atoms with van der Waals surface area (Å²) in [7, 11) is 1.56. The first-order chi connectivity index (χ1) is 6.33. The molecule has 0 aliphatic carbocycles. The third kappa shape index (κ3) is 1.55. The molecule has 0 aromatic heterocycles. The number of benzene rings is 1. The fraction of sp³-hybridized carbons (Fsp3) is 0.300. The van der Waals surface area contributed by atoms with Gasteiger partial charge in [-0.3, -0.25) is 4.79 Å². The molecule has 1 unspecified atom stereocenters. The molecule has 0 amide bonds. The largest absolute Gasteiger partial charge is 0.496 e. The van der Waals surface area contributed by atoms with Gasteiger partial charge in [-0.2, -0.15) is 0 Å². The summed E-state index contributed by atoms with van der Waals surface area (Å²) in [6.07, 6.45) is -0.240. The van der Waals surface area contributed by atoms with Crippen LogP contribution >= 0.6 is 0 Å². The highest BCUT2D eigenvalue weighted by atomic mass is 16.6. The molecule has 1 aliphatic heterocycles. The van der Waals surface area contributed by atoms with Gasteiger partial charge in [-0.05, 0) is 12.1 Å². The molecular formula is C10H10O3. The van der Waals surface area contributed by atoms with Gasteiger partial charge < -0.3 is 9.47 Å². The lowest BCUT2D eigenvalue weighted by atomic mass is 10.1. The lowest BCUT2D eigenvalue weighted by Gasteiger charge is -2.04. The summed E-state index contributed by atoms with van der Waals surface area (Å²) in [6.45, 7) is 0.539. The van der Waals surface area contributed by atoms with Gasteiger partial charge in [0.15, 0.2) is 5.78 Å². The van der Waals surface area contributed by atoms with Crippen LogP contribution in [0.2, 0.25) is 0 Å². The van der Waals surface area contributed by atoms with E-state index < -0.39 is 0 Å². The molecule has 13 heavy (non-hydrogen) atoms. The van der Waals surface area contributed by atoms with Crippen LogP contribution in [0.15, 0.2) is 24.3 Å². The Morgan fingerprint density at radius 1 is 1.54 bits per heavy atom. The second-order valence-corrected chi connectivity index (χ2v) is 2.89. The molecule has 1 aromatic rings. The first-order valence-electron chi connectivity index (χ1n) is 4.12. The SMILES string of the molecule is COc1ccccc1C(=O)C1CO1. The van der Waals surface area contributed by atoms with Gasteiger partial charge >= 0.3 is 0 Å². The molecule has 1 aromatic carbocycles. The van der Waals surface area contributed by atoms with Crippen molar-refractivity contribution in [2.45, 2.75) is 6.10 Å². The van der Waals surface area contributed by atoms with Gasteiger partial charge in [-0.15, -0.1) is 0 Å². The van der Waals surface area contributed by atoms with E-state index in [2.05, 4.69) is 0 Å². The van der Waals surface area contributed by atoms with E-state index in [4.69, 9.17) is 9.47 Å². The maximum atomic E-state index is 11.6. The molecule has 0 radical (unpaired) electrons. The standard InChI is InChI=1S/C10H10O3/c1-12-8-5-3-2-4-7(8)10(11)9-6-13-9/h2-5,9H,6H2,1H3. The molecule has 1 aliphatic rings. The van der Waals surface area contributed by atoms with E-state index in [-0.39, 0.29) is 11.9 Å². The van der Waals surface area contributed by atoms with Crippen molar-refractivity contribution in [1.29, 1.82) is 0 Å². The predicted octanol–water partition coefficient (Wildman–Crippen LogP) is 1.28. The number of methoxy groups -OCH3 is 1. The molecule has 1 fully saturated rings. The quantitative estimate of drug-likeness (QED) is 0.517. The fourth-order valence-corrected chi connectivity index (χ4v) is 1.22. The Morgan fingerprint density at radius 2 is 2.23 bits per heavy atom. The minimum atomic E-state index is -0.240.